The third-order valence-electron chi connectivity index (χ3n) is 5.91. The molecule has 1 saturated carbocycles. The van der Waals surface area contributed by atoms with Crippen molar-refractivity contribution in [2.45, 2.75) is 62.6 Å². The van der Waals surface area contributed by atoms with Crippen LogP contribution in [0.5, 0.6) is 0 Å². The normalized spacial score (nSPS) is 18.9. The van der Waals surface area contributed by atoms with Crippen LogP contribution in [0.15, 0.2) is 23.4 Å². The lowest BCUT2D eigenvalue weighted by atomic mass is 10.1. The number of carbonyl (C=O) groups is 1. The molecule has 7 heteroatoms. The van der Waals surface area contributed by atoms with Gasteiger partial charge in [0.05, 0.1) is 5.75 Å². The van der Waals surface area contributed by atoms with E-state index in [1.807, 2.05) is 6.07 Å². The highest BCUT2D eigenvalue weighted by atomic mass is 32.2. The molecule has 3 aliphatic rings. The average molecular weight is 398 g/mol. The Labute approximate surface area is 170 Å². The summed E-state index contributed by atoms with van der Waals surface area (Å²) in [5, 5.41) is 12.9. The Morgan fingerprint density at radius 2 is 1.89 bits per heavy atom. The van der Waals surface area contributed by atoms with Gasteiger partial charge in [-0.25, -0.2) is 0 Å². The second-order valence-electron chi connectivity index (χ2n) is 8.11. The van der Waals surface area contributed by atoms with E-state index in [0.29, 0.717) is 11.8 Å². The number of aromatic nitrogens is 3. The standard InChI is InChI=1S/C21H27N5OS/c27-19(22-17-8-7-15-5-4-6-16(15)13-17)14-28-21-24-23-20(26(21)18-9-10-18)25-11-2-1-3-12-25/h7-8,13,18H,1-6,9-12,14H2,(H,22,27). The zero-order valence-corrected chi connectivity index (χ0v) is 17.0. The van der Waals surface area contributed by atoms with Gasteiger partial charge in [-0.3, -0.25) is 9.36 Å². The van der Waals surface area contributed by atoms with Crippen molar-refractivity contribution in [2.24, 2.45) is 0 Å². The molecule has 2 heterocycles. The number of thioether (sulfide) groups is 1. The molecule has 1 aromatic carbocycles. The fourth-order valence-corrected chi connectivity index (χ4v) is 5.11. The number of amides is 1. The molecule has 1 aromatic heterocycles. The fourth-order valence-electron chi connectivity index (χ4n) is 4.31. The van der Waals surface area contributed by atoms with Gasteiger partial charge in [0.15, 0.2) is 5.16 Å². The molecule has 2 fully saturated rings. The minimum absolute atomic E-state index is 0.0211. The van der Waals surface area contributed by atoms with Gasteiger partial charge in [0.2, 0.25) is 11.9 Å². The summed E-state index contributed by atoms with van der Waals surface area (Å²) in [7, 11) is 0. The van der Waals surface area contributed by atoms with E-state index in [-0.39, 0.29) is 5.91 Å². The Balaban J connectivity index is 1.24. The van der Waals surface area contributed by atoms with Crippen LogP contribution in [0, 0.1) is 0 Å². The number of nitrogens with one attached hydrogen (secondary N) is 1. The minimum Gasteiger partial charge on any atom is -0.341 e. The van der Waals surface area contributed by atoms with Gasteiger partial charge in [-0.1, -0.05) is 17.8 Å². The number of benzene rings is 1. The zero-order chi connectivity index (χ0) is 18.9. The van der Waals surface area contributed by atoms with E-state index in [9.17, 15) is 4.79 Å². The Morgan fingerprint density at radius 1 is 1.07 bits per heavy atom. The molecule has 0 radical (unpaired) electrons. The van der Waals surface area contributed by atoms with Gasteiger partial charge < -0.3 is 10.2 Å². The van der Waals surface area contributed by atoms with Gasteiger partial charge in [-0.05, 0) is 74.6 Å². The van der Waals surface area contributed by atoms with Crippen LogP contribution < -0.4 is 10.2 Å². The fraction of sp³-hybridized carbons (Fsp3) is 0.571. The molecule has 1 N–H and O–H groups in total. The summed E-state index contributed by atoms with van der Waals surface area (Å²) in [6, 6.07) is 6.81. The van der Waals surface area contributed by atoms with Crippen molar-refractivity contribution < 1.29 is 4.79 Å². The first-order valence-corrected chi connectivity index (χ1v) is 11.5. The number of rotatable bonds is 6. The van der Waals surface area contributed by atoms with E-state index in [4.69, 9.17) is 0 Å². The van der Waals surface area contributed by atoms with Gasteiger partial charge in [0, 0.05) is 24.8 Å². The highest BCUT2D eigenvalue weighted by Gasteiger charge is 2.32. The summed E-state index contributed by atoms with van der Waals surface area (Å²) in [5.74, 6) is 1.39. The summed E-state index contributed by atoms with van der Waals surface area (Å²) in [6.45, 7) is 2.13. The SMILES string of the molecule is O=C(CSc1nnc(N2CCCCC2)n1C1CC1)Nc1ccc2c(c1)CCC2. The molecular formula is C21H27N5OS. The summed E-state index contributed by atoms with van der Waals surface area (Å²) in [5.41, 5.74) is 3.71. The third kappa shape index (κ3) is 3.77. The predicted octanol–water partition coefficient (Wildman–Crippen LogP) is 3.82. The second-order valence-corrected chi connectivity index (χ2v) is 9.05. The first-order chi connectivity index (χ1) is 13.8. The molecule has 2 aromatic rings. The van der Waals surface area contributed by atoms with Crippen molar-refractivity contribution in [3.8, 4) is 0 Å². The average Bonchev–Trinajstić information content (AvgIpc) is 3.29. The van der Waals surface area contributed by atoms with Crippen LogP contribution >= 0.6 is 11.8 Å². The molecular weight excluding hydrogens is 370 g/mol. The van der Waals surface area contributed by atoms with Crippen molar-refractivity contribution in [1.29, 1.82) is 0 Å². The number of anilines is 2. The molecule has 5 rings (SSSR count). The maximum atomic E-state index is 12.5. The van der Waals surface area contributed by atoms with E-state index in [2.05, 4.69) is 37.1 Å². The van der Waals surface area contributed by atoms with Crippen LogP contribution in [-0.2, 0) is 17.6 Å². The van der Waals surface area contributed by atoms with Crippen LogP contribution in [0.4, 0.5) is 11.6 Å². The molecule has 1 amide bonds. The lowest BCUT2D eigenvalue weighted by Gasteiger charge is -2.27. The van der Waals surface area contributed by atoms with Crippen molar-refractivity contribution in [1.82, 2.24) is 14.8 Å². The van der Waals surface area contributed by atoms with Gasteiger partial charge in [0.1, 0.15) is 0 Å². The van der Waals surface area contributed by atoms with Crippen LogP contribution in [0.3, 0.4) is 0 Å². The monoisotopic (exact) mass is 397 g/mol. The van der Waals surface area contributed by atoms with Gasteiger partial charge in [0.25, 0.3) is 0 Å². The maximum absolute atomic E-state index is 12.5. The summed E-state index contributed by atoms with van der Waals surface area (Å²) in [6.07, 6.45) is 9.64. The number of nitrogens with zero attached hydrogens (tertiary/aromatic N) is 4. The number of aryl methyl sites for hydroxylation is 2. The van der Waals surface area contributed by atoms with E-state index >= 15 is 0 Å². The number of fused-ring (bicyclic) bond motifs is 1. The quantitative estimate of drug-likeness (QED) is 0.751. The van der Waals surface area contributed by atoms with Crippen molar-refractivity contribution in [3.63, 3.8) is 0 Å². The largest absolute Gasteiger partial charge is 0.341 e. The van der Waals surface area contributed by atoms with Crippen LogP contribution in [-0.4, -0.2) is 39.5 Å². The highest BCUT2D eigenvalue weighted by molar-refractivity contribution is 7.99. The first-order valence-electron chi connectivity index (χ1n) is 10.5. The van der Waals surface area contributed by atoms with E-state index in [1.165, 1.54) is 61.4 Å². The number of carbonyl (C=O) groups excluding carboxylic acids is 1. The number of hydrogen-bond acceptors (Lipinski definition) is 5. The lowest BCUT2D eigenvalue weighted by Crippen LogP contribution is -2.32. The van der Waals surface area contributed by atoms with Crippen molar-refractivity contribution >= 4 is 29.3 Å². The van der Waals surface area contributed by atoms with Crippen LogP contribution in [0.1, 0.15) is 55.7 Å². The highest BCUT2D eigenvalue weighted by Crippen LogP contribution is 2.41. The predicted molar refractivity (Wildman–Crippen MR) is 112 cm³/mol. The molecule has 0 unspecified atom stereocenters. The number of piperidine rings is 1. The Morgan fingerprint density at radius 3 is 2.71 bits per heavy atom. The van der Waals surface area contributed by atoms with Crippen LogP contribution in [0.2, 0.25) is 0 Å². The van der Waals surface area contributed by atoms with Crippen LogP contribution in [0.25, 0.3) is 0 Å². The second kappa shape index (κ2) is 7.78. The minimum atomic E-state index is 0.0211. The van der Waals surface area contributed by atoms with Crippen molar-refractivity contribution in [2.75, 3.05) is 29.1 Å². The maximum Gasteiger partial charge on any atom is 0.234 e. The van der Waals surface area contributed by atoms with Crippen molar-refractivity contribution in [3.05, 3.63) is 29.3 Å². The van der Waals surface area contributed by atoms with Gasteiger partial charge in [-0.2, -0.15) is 0 Å². The molecule has 1 aliphatic heterocycles. The van der Waals surface area contributed by atoms with Gasteiger partial charge >= 0.3 is 0 Å². The molecule has 2 aliphatic carbocycles. The third-order valence-corrected chi connectivity index (χ3v) is 6.86. The molecule has 148 valence electrons. The van der Waals surface area contributed by atoms with E-state index < -0.39 is 0 Å². The van der Waals surface area contributed by atoms with Gasteiger partial charge in [-0.15, -0.1) is 10.2 Å². The summed E-state index contributed by atoms with van der Waals surface area (Å²) in [4.78, 5) is 14.9. The molecule has 28 heavy (non-hydrogen) atoms. The Hall–Kier alpha value is -2.02. The Bertz CT molecular complexity index is 870. The topological polar surface area (TPSA) is 63.1 Å². The molecule has 1 saturated heterocycles. The summed E-state index contributed by atoms with van der Waals surface area (Å²) < 4.78 is 2.28. The number of hydrogen-bond donors (Lipinski definition) is 1. The van der Waals surface area contributed by atoms with E-state index in [1.54, 1.807) is 0 Å². The zero-order valence-electron chi connectivity index (χ0n) is 16.2. The first kappa shape index (κ1) is 18.0. The molecule has 6 nitrogen and oxygen atoms in total. The summed E-state index contributed by atoms with van der Waals surface area (Å²) >= 11 is 1.50. The van der Waals surface area contributed by atoms with E-state index in [0.717, 1.165) is 42.7 Å². The molecule has 0 bridgehead atoms. The smallest absolute Gasteiger partial charge is 0.234 e. The molecule has 0 atom stereocenters. The Kier molecular flexibility index (Phi) is 5.01. The lowest BCUT2D eigenvalue weighted by molar-refractivity contribution is -0.113. The molecule has 0 spiro atoms.